The van der Waals surface area contributed by atoms with Crippen molar-refractivity contribution in [1.82, 2.24) is 0 Å². The third-order valence-corrected chi connectivity index (χ3v) is 12.6. The Bertz CT molecular complexity index is 552. The van der Waals surface area contributed by atoms with E-state index in [0.29, 0.717) is 11.7 Å². The van der Waals surface area contributed by atoms with Gasteiger partial charge in [-0.25, -0.2) is 0 Å². The zero-order valence-electron chi connectivity index (χ0n) is 17.6. The third kappa shape index (κ3) is 2.61. The van der Waals surface area contributed by atoms with Crippen molar-refractivity contribution in [3.05, 3.63) is 0 Å². The number of hydrogen-bond acceptors (Lipinski definition) is 3. The smallest absolute Gasteiger partial charge is 0.192 e. The fraction of sp³-hybridized carbons (Fsp3) is 0.952. The molecule has 1 spiro atoms. The summed E-state index contributed by atoms with van der Waals surface area (Å²) in [4.78, 5) is 13.5. The zero-order valence-corrected chi connectivity index (χ0v) is 18.6. The number of hydrogen-bond donors (Lipinski definition) is 0. The molecule has 1 saturated carbocycles. The van der Waals surface area contributed by atoms with Crippen LogP contribution in [0.4, 0.5) is 0 Å². The molecule has 1 unspecified atom stereocenters. The predicted molar refractivity (Wildman–Crippen MR) is 104 cm³/mol. The van der Waals surface area contributed by atoms with E-state index >= 15 is 0 Å². The molecule has 3 aliphatic rings. The number of rotatable bonds is 3. The first-order chi connectivity index (χ1) is 11.4. The number of carbonyl (C=O) groups excluding carboxylic acids is 1. The van der Waals surface area contributed by atoms with Crippen molar-refractivity contribution in [2.75, 3.05) is 0 Å². The second-order valence-corrected chi connectivity index (χ2v) is 15.4. The van der Waals surface area contributed by atoms with Gasteiger partial charge in [-0.05, 0) is 49.7 Å². The van der Waals surface area contributed by atoms with E-state index in [-0.39, 0.29) is 28.6 Å². The van der Waals surface area contributed by atoms with Gasteiger partial charge in [0.1, 0.15) is 5.60 Å². The maximum Gasteiger partial charge on any atom is 0.192 e. The standard InChI is InChI=1S/C21H38O3Si/c1-9-15-10-11-17(24-25(7,8)19(3,4)5)20(6)13-16-12-14(2)18(22)21(15,20)23-16/h14-17H,9-13H2,1-8H3/t14?,15-,16-,17-,20+,21+/m0/s1. The molecule has 25 heavy (non-hydrogen) atoms. The minimum Gasteiger partial charge on any atom is -0.413 e. The van der Waals surface area contributed by atoms with Crippen molar-refractivity contribution in [1.29, 1.82) is 0 Å². The van der Waals surface area contributed by atoms with Gasteiger partial charge in [0.15, 0.2) is 14.1 Å². The number of ketones is 1. The summed E-state index contributed by atoms with van der Waals surface area (Å²) in [6, 6.07) is 0. The Morgan fingerprint density at radius 3 is 2.48 bits per heavy atom. The van der Waals surface area contributed by atoms with Gasteiger partial charge < -0.3 is 9.16 Å². The van der Waals surface area contributed by atoms with E-state index in [0.717, 1.165) is 32.1 Å². The highest BCUT2D eigenvalue weighted by atomic mass is 28.4. The molecule has 0 N–H and O–H groups in total. The van der Waals surface area contributed by atoms with E-state index in [1.54, 1.807) is 0 Å². The second-order valence-electron chi connectivity index (χ2n) is 10.6. The van der Waals surface area contributed by atoms with Gasteiger partial charge in [-0.2, -0.15) is 0 Å². The van der Waals surface area contributed by atoms with Gasteiger partial charge >= 0.3 is 0 Å². The Balaban J connectivity index is 2.01. The van der Waals surface area contributed by atoms with E-state index in [9.17, 15) is 4.79 Å². The molecule has 2 aliphatic heterocycles. The highest BCUT2D eigenvalue weighted by molar-refractivity contribution is 6.74. The Labute approximate surface area is 155 Å². The quantitative estimate of drug-likeness (QED) is 0.632. The van der Waals surface area contributed by atoms with Gasteiger partial charge in [-0.15, -0.1) is 0 Å². The van der Waals surface area contributed by atoms with E-state index in [1.165, 1.54) is 0 Å². The van der Waals surface area contributed by atoms with Crippen molar-refractivity contribution < 1.29 is 14.0 Å². The topological polar surface area (TPSA) is 35.5 Å². The number of carbonyl (C=O) groups is 1. The fourth-order valence-electron chi connectivity index (χ4n) is 5.62. The van der Waals surface area contributed by atoms with Crippen molar-refractivity contribution in [3.63, 3.8) is 0 Å². The molecular weight excluding hydrogens is 328 g/mol. The Morgan fingerprint density at radius 2 is 1.92 bits per heavy atom. The molecule has 4 heteroatoms. The van der Waals surface area contributed by atoms with Crippen LogP contribution in [0.2, 0.25) is 18.1 Å². The average molecular weight is 367 g/mol. The van der Waals surface area contributed by atoms with Crippen LogP contribution in [0.15, 0.2) is 0 Å². The Hall–Kier alpha value is -0.193. The molecule has 2 heterocycles. The van der Waals surface area contributed by atoms with Gasteiger partial charge in [-0.3, -0.25) is 4.79 Å². The first-order valence-corrected chi connectivity index (χ1v) is 13.2. The maximum atomic E-state index is 13.5. The van der Waals surface area contributed by atoms with E-state index in [1.807, 2.05) is 0 Å². The summed E-state index contributed by atoms with van der Waals surface area (Å²) >= 11 is 0. The van der Waals surface area contributed by atoms with Crippen LogP contribution in [0, 0.1) is 17.3 Å². The first-order valence-electron chi connectivity index (χ1n) is 10.3. The highest BCUT2D eigenvalue weighted by Gasteiger charge is 2.71. The van der Waals surface area contributed by atoms with Gasteiger partial charge in [0.25, 0.3) is 0 Å². The minimum absolute atomic E-state index is 0.126. The number of Topliss-reactive ketones (excluding diaryl/α,β-unsaturated/α-hetero) is 1. The Morgan fingerprint density at radius 1 is 1.28 bits per heavy atom. The molecule has 3 rings (SSSR count). The van der Waals surface area contributed by atoms with Crippen LogP contribution in [0.3, 0.4) is 0 Å². The number of fused-ring (bicyclic) bond motifs is 1. The van der Waals surface area contributed by atoms with Gasteiger partial charge in [0.2, 0.25) is 0 Å². The lowest BCUT2D eigenvalue weighted by atomic mass is 9.55. The van der Waals surface area contributed by atoms with Gasteiger partial charge in [-0.1, -0.05) is 48.0 Å². The lowest BCUT2D eigenvalue weighted by Crippen LogP contribution is -2.66. The molecule has 2 saturated heterocycles. The molecular formula is C21H38O3Si. The molecule has 144 valence electrons. The summed E-state index contributed by atoms with van der Waals surface area (Å²) in [5.74, 6) is 0.831. The summed E-state index contributed by atoms with van der Waals surface area (Å²) in [7, 11) is -1.88. The number of ether oxygens (including phenoxy) is 1. The predicted octanol–water partition coefficient (Wildman–Crippen LogP) is 5.34. The molecule has 3 fully saturated rings. The van der Waals surface area contributed by atoms with Crippen LogP contribution in [0.25, 0.3) is 0 Å². The van der Waals surface area contributed by atoms with E-state index in [4.69, 9.17) is 9.16 Å². The highest BCUT2D eigenvalue weighted by Crippen LogP contribution is 2.63. The van der Waals surface area contributed by atoms with Crippen molar-refractivity contribution in [2.24, 2.45) is 17.3 Å². The lowest BCUT2D eigenvalue weighted by Gasteiger charge is -2.56. The molecule has 2 bridgehead atoms. The van der Waals surface area contributed by atoms with Gasteiger partial charge in [0, 0.05) is 11.3 Å². The summed E-state index contributed by atoms with van der Waals surface area (Å²) in [6.07, 6.45) is 5.40. The van der Waals surface area contributed by atoms with E-state index in [2.05, 4.69) is 54.6 Å². The lowest BCUT2D eigenvalue weighted by molar-refractivity contribution is -0.202. The molecule has 0 amide bonds. The monoisotopic (exact) mass is 366 g/mol. The maximum absolute atomic E-state index is 13.5. The summed E-state index contributed by atoms with van der Waals surface area (Å²) in [6.45, 7) is 18.2. The van der Waals surface area contributed by atoms with Crippen LogP contribution in [0.1, 0.15) is 73.6 Å². The minimum atomic E-state index is -1.88. The van der Waals surface area contributed by atoms with E-state index < -0.39 is 13.9 Å². The second kappa shape index (κ2) is 5.90. The normalized spacial score (nSPS) is 44.7. The molecule has 0 aromatic carbocycles. The summed E-state index contributed by atoms with van der Waals surface area (Å²) in [5, 5.41) is 0.184. The largest absolute Gasteiger partial charge is 0.413 e. The fourth-order valence-corrected chi connectivity index (χ4v) is 7.07. The molecule has 1 aliphatic carbocycles. The third-order valence-electron chi connectivity index (χ3n) is 8.08. The van der Waals surface area contributed by atoms with Crippen LogP contribution >= 0.6 is 0 Å². The molecule has 0 radical (unpaired) electrons. The summed E-state index contributed by atoms with van der Waals surface area (Å²) < 4.78 is 13.5. The molecule has 6 atom stereocenters. The van der Waals surface area contributed by atoms with Crippen LogP contribution in [-0.4, -0.2) is 31.9 Å². The first kappa shape index (κ1) is 19.6. The molecule has 0 aromatic heterocycles. The van der Waals surface area contributed by atoms with Gasteiger partial charge in [0.05, 0.1) is 12.2 Å². The molecule has 0 aromatic rings. The Kier molecular flexibility index (Phi) is 4.62. The SMILES string of the molecule is CC[C@H]1CC[C@H](O[Si](C)(C)C(C)(C)C)[C@@]2(C)C[C@@H]3CC(C)C(=O)[C@]12O3. The average Bonchev–Trinajstić information content (AvgIpc) is 2.75. The molecule has 3 nitrogen and oxygen atoms in total. The van der Waals surface area contributed by atoms with Crippen LogP contribution in [0.5, 0.6) is 0 Å². The van der Waals surface area contributed by atoms with Crippen molar-refractivity contribution in [2.45, 2.75) is 110 Å². The van der Waals surface area contributed by atoms with Crippen LogP contribution < -0.4 is 0 Å². The van der Waals surface area contributed by atoms with Crippen LogP contribution in [-0.2, 0) is 14.0 Å². The van der Waals surface area contributed by atoms with Crippen molar-refractivity contribution >= 4 is 14.1 Å². The van der Waals surface area contributed by atoms with Crippen molar-refractivity contribution in [3.8, 4) is 0 Å². The zero-order chi connectivity index (χ0) is 18.8. The summed E-state index contributed by atoms with van der Waals surface area (Å²) in [5.41, 5.74) is -0.774.